The SMILES string of the molecule is CS(=O)(=O)Nc1ccc2c(c1)S(=O)(=O)N=C(C1=C(O)[C@@H]3CCC[C@@H]3N(Cc3ccc(F)c(F)c3)C1=O)N2. The average Bonchev–Trinajstić information content (AvgIpc) is 3.28. The number of nitrogens with zero attached hydrogens (tertiary/aromatic N) is 2. The Morgan fingerprint density at radius 1 is 1.16 bits per heavy atom. The fourth-order valence-corrected chi connectivity index (χ4v) is 6.72. The first kappa shape index (κ1) is 25.1. The molecular weight excluding hydrogens is 530 g/mol. The maximum absolute atomic E-state index is 13.8. The number of aliphatic hydroxyl groups is 1. The highest BCUT2D eigenvalue weighted by Gasteiger charge is 2.46. The maximum Gasteiger partial charge on any atom is 0.286 e. The van der Waals surface area contributed by atoms with Gasteiger partial charge in [0.2, 0.25) is 10.0 Å². The Morgan fingerprint density at radius 3 is 2.62 bits per heavy atom. The third-order valence-electron chi connectivity index (χ3n) is 6.56. The lowest BCUT2D eigenvalue weighted by molar-refractivity contribution is -0.132. The molecule has 0 bridgehead atoms. The van der Waals surface area contributed by atoms with E-state index in [9.17, 15) is 35.5 Å². The number of amidine groups is 1. The molecule has 14 heteroatoms. The highest BCUT2D eigenvalue weighted by molar-refractivity contribution is 7.92. The molecule has 37 heavy (non-hydrogen) atoms. The fourth-order valence-electron chi connectivity index (χ4n) is 5.01. The molecule has 0 spiro atoms. The molecular formula is C23H22F2N4O6S2. The van der Waals surface area contributed by atoms with E-state index in [-0.39, 0.29) is 40.0 Å². The minimum Gasteiger partial charge on any atom is -0.511 e. The molecule has 1 saturated carbocycles. The molecule has 5 rings (SSSR count). The zero-order chi connectivity index (χ0) is 26.7. The monoisotopic (exact) mass is 552 g/mol. The quantitative estimate of drug-likeness (QED) is 0.517. The van der Waals surface area contributed by atoms with Crippen LogP contribution in [0, 0.1) is 17.6 Å². The lowest BCUT2D eigenvalue weighted by Crippen LogP contribution is -2.49. The Bertz CT molecular complexity index is 1600. The third kappa shape index (κ3) is 4.66. The Kier molecular flexibility index (Phi) is 5.98. The fraction of sp³-hybridized carbons (Fsp3) is 0.304. The van der Waals surface area contributed by atoms with Gasteiger partial charge < -0.3 is 15.3 Å². The van der Waals surface area contributed by atoms with Crippen LogP contribution in [0.4, 0.5) is 20.2 Å². The van der Waals surface area contributed by atoms with E-state index in [0.717, 1.165) is 24.5 Å². The summed E-state index contributed by atoms with van der Waals surface area (Å²) in [7, 11) is -8.06. The van der Waals surface area contributed by atoms with E-state index in [1.807, 2.05) is 0 Å². The molecule has 0 unspecified atom stereocenters. The largest absolute Gasteiger partial charge is 0.511 e. The second kappa shape index (κ2) is 8.80. The highest BCUT2D eigenvalue weighted by Crippen LogP contribution is 2.42. The molecule has 2 aliphatic heterocycles. The van der Waals surface area contributed by atoms with Crippen LogP contribution in [0.15, 0.2) is 57.0 Å². The van der Waals surface area contributed by atoms with Crippen LogP contribution < -0.4 is 10.0 Å². The number of anilines is 2. The molecule has 196 valence electrons. The lowest BCUT2D eigenvalue weighted by Gasteiger charge is -2.39. The zero-order valence-electron chi connectivity index (χ0n) is 19.4. The van der Waals surface area contributed by atoms with Gasteiger partial charge in [0.15, 0.2) is 17.5 Å². The number of nitrogens with one attached hydrogen (secondary N) is 2. The molecule has 1 amide bonds. The van der Waals surface area contributed by atoms with Crippen LogP contribution in [0.25, 0.3) is 0 Å². The molecule has 3 aliphatic rings. The van der Waals surface area contributed by atoms with Crippen molar-refractivity contribution in [3.63, 3.8) is 0 Å². The van der Waals surface area contributed by atoms with Crippen LogP contribution >= 0.6 is 0 Å². The van der Waals surface area contributed by atoms with Crippen molar-refractivity contribution in [2.75, 3.05) is 16.3 Å². The third-order valence-corrected chi connectivity index (χ3v) is 8.49. The number of rotatable bonds is 5. The molecule has 0 radical (unpaired) electrons. The van der Waals surface area contributed by atoms with E-state index < -0.39 is 49.5 Å². The number of sulfonamides is 2. The molecule has 1 fully saturated rings. The summed E-state index contributed by atoms with van der Waals surface area (Å²) in [4.78, 5) is 14.7. The summed E-state index contributed by atoms with van der Waals surface area (Å²) in [5.41, 5.74) is 0.0600. The smallest absolute Gasteiger partial charge is 0.286 e. The summed E-state index contributed by atoms with van der Waals surface area (Å²) in [6, 6.07) is 6.65. The van der Waals surface area contributed by atoms with Crippen molar-refractivity contribution in [1.82, 2.24) is 4.90 Å². The second-order valence-electron chi connectivity index (χ2n) is 9.17. The molecule has 2 aromatic rings. The van der Waals surface area contributed by atoms with E-state index >= 15 is 0 Å². The molecule has 10 nitrogen and oxygen atoms in total. The van der Waals surface area contributed by atoms with Crippen molar-refractivity contribution in [3.8, 4) is 0 Å². The average molecular weight is 553 g/mol. The van der Waals surface area contributed by atoms with Gasteiger partial charge in [0.1, 0.15) is 16.2 Å². The van der Waals surface area contributed by atoms with Gasteiger partial charge in [0, 0.05) is 24.2 Å². The predicted molar refractivity (Wildman–Crippen MR) is 131 cm³/mol. The standard InChI is InChI=1S/C23H22F2N4O6S2/c1-36(32,33)27-13-6-8-17-19(10-13)37(34,35)28-22(26-17)20-21(30)14-3-2-4-18(14)29(23(20)31)11-12-5-7-15(24)16(25)9-12/h5-10,14,18,27,30H,2-4,11H2,1H3,(H,26,28)/t14-,18+/m1/s1. The Morgan fingerprint density at radius 2 is 1.92 bits per heavy atom. The molecule has 1 aliphatic carbocycles. The van der Waals surface area contributed by atoms with Gasteiger partial charge in [0.25, 0.3) is 15.9 Å². The van der Waals surface area contributed by atoms with E-state index in [1.54, 1.807) is 0 Å². The maximum atomic E-state index is 13.8. The molecule has 3 N–H and O–H groups in total. The summed E-state index contributed by atoms with van der Waals surface area (Å²) in [5.74, 6) is -3.92. The van der Waals surface area contributed by atoms with E-state index in [4.69, 9.17) is 0 Å². The Balaban J connectivity index is 1.53. The van der Waals surface area contributed by atoms with Gasteiger partial charge in [-0.1, -0.05) is 12.5 Å². The van der Waals surface area contributed by atoms with Crippen molar-refractivity contribution in [1.29, 1.82) is 0 Å². The summed E-state index contributed by atoms with van der Waals surface area (Å²) in [6.07, 6.45) is 2.74. The number of hydrogen-bond acceptors (Lipinski definition) is 7. The van der Waals surface area contributed by atoms with Crippen LogP contribution in [0.1, 0.15) is 24.8 Å². The van der Waals surface area contributed by atoms with Gasteiger partial charge >= 0.3 is 0 Å². The predicted octanol–water partition coefficient (Wildman–Crippen LogP) is 2.87. The van der Waals surface area contributed by atoms with E-state index in [2.05, 4.69) is 14.4 Å². The number of hydrogen-bond donors (Lipinski definition) is 3. The van der Waals surface area contributed by atoms with Crippen molar-refractivity contribution >= 4 is 43.2 Å². The molecule has 0 saturated heterocycles. The number of halogens is 2. The Hall–Kier alpha value is -3.52. The summed E-state index contributed by atoms with van der Waals surface area (Å²) in [6.45, 7) is -0.0783. The van der Waals surface area contributed by atoms with Crippen LogP contribution in [0.3, 0.4) is 0 Å². The van der Waals surface area contributed by atoms with Crippen molar-refractivity contribution in [2.45, 2.75) is 36.7 Å². The van der Waals surface area contributed by atoms with E-state index in [1.165, 1.54) is 23.1 Å². The Labute approximate surface area is 211 Å². The molecule has 2 aromatic carbocycles. The van der Waals surface area contributed by atoms with Gasteiger partial charge in [-0.2, -0.15) is 8.42 Å². The normalized spacial score (nSPS) is 22.7. The van der Waals surface area contributed by atoms with Gasteiger partial charge in [-0.25, -0.2) is 17.2 Å². The summed E-state index contributed by atoms with van der Waals surface area (Å²) in [5, 5.41) is 13.8. The van der Waals surface area contributed by atoms with Crippen molar-refractivity contribution in [3.05, 3.63) is 64.9 Å². The van der Waals surface area contributed by atoms with Crippen LogP contribution in [0.5, 0.6) is 0 Å². The number of carbonyl (C=O) groups excluding carboxylic acids is 1. The first-order chi connectivity index (χ1) is 17.3. The van der Waals surface area contributed by atoms with Crippen LogP contribution in [-0.4, -0.2) is 50.9 Å². The van der Waals surface area contributed by atoms with E-state index in [0.29, 0.717) is 24.8 Å². The van der Waals surface area contributed by atoms with Gasteiger partial charge in [0.05, 0.1) is 11.9 Å². The summed E-state index contributed by atoms with van der Waals surface area (Å²) < 4.78 is 82.2. The number of benzene rings is 2. The lowest BCUT2D eigenvalue weighted by atomic mass is 9.89. The van der Waals surface area contributed by atoms with Crippen LogP contribution in [-0.2, 0) is 31.4 Å². The molecule has 2 atom stereocenters. The van der Waals surface area contributed by atoms with Crippen molar-refractivity contribution in [2.24, 2.45) is 10.3 Å². The van der Waals surface area contributed by atoms with Gasteiger partial charge in [-0.3, -0.25) is 9.52 Å². The molecule has 2 heterocycles. The number of fused-ring (bicyclic) bond motifs is 2. The number of amides is 1. The first-order valence-electron chi connectivity index (χ1n) is 11.3. The second-order valence-corrected chi connectivity index (χ2v) is 12.5. The number of carbonyl (C=O) groups is 1. The van der Waals surface area contributed by atoms with Gasteiger partial charge in [-0.15, -0.1) is 4.40 Å². The first-order valence-corrected chi connectivity index (χ1v) is 14.6. The molecule has 0 aromatic heterocycles. The van der Waals surface area contributed by atoms with Crippen LogP contribution in [0.2, 0.25) is 0 Å². The minimum atomic E-state index is -4.39. The zero-order valence-corrected chi connectivity index (χ0v) is 21.0. The van der Waals surface area contributed by atoms with Crippen molar-refractivity contribution < 1.29 is 35.5 Å². The van der Waals surface area contributed by atoms with Gasteiger partial charge in [-0.05, 0) is 48.7 Å². The number of aliphatic hydroxyl groups excluding tert-OH is 1. The minimum absolute atomic E-state index is 0.00702. The highest BCUT2D eigenvalue weighted by atomic mass is 32.2. The summed E-state index contributed by atoms with van der Waals surface area (Å²) >= 11 is 0. The topological polar surface area (TPSA) is 145 Å².